The van der Waals surface area contributed by atoms with Crippen LogP contribution < -0.4 is 10.2 Å². The number of aromatic nitrogens is 2. The molecule has 2 aromatic carbocycles. The number of nitrogens with zero attached hydrogens (tertiary/aromatic N) is 3. The molecule has 3 N–H and O–H groups in total. The predicted octanol–water partition coefficient (Wildman–Crippen LogP) is 3.95. The average Bonchev–Trinajstić information content (AvgIpc) is 3.25. The highest BCUT2D eigenvalue weighted by molar-refractivity contribution is 5.92. The van der Waals surface area contributed by atoms with E-state index in [1.165, 1.54) is 18.2 Å². The molecule has 0 aliphatic carbocycles. The Morgan fingerprint density at radius 2 is 2.15 bits per heavy atom. The van der Waals surface area contributed by atoms with E-state index in [2.05, 4.69) is 20.2 Å². The van der Waals surface area contributed by atoms with Gasteiger partial charge in [0.05, 0.1) is 11.1 Å². The summed E-state index contributed by atoms with van der Waals surface area (Å²) < 4.78 is 19.8. The quantitative estimate of drug-likeness (QED) is 0.496. The number of hydrogen-bond acceptors (Lipinski definition) is 6. The van der Waals surface area contributed by atoms with Gasteiger partial charge in [-0.15, -0.1) is 0 Å². The Morgan fingerprint density at radius 3 is 2.88 bits per heavy atom. The first-order valence-corrected chi connectivity index (χ1v) is 10.9. The first-order chi connectivity index (χ1) is 15.9. The highest BCUT2D eigenvalue weighted by Crippen LogP contribution is 2.35. The van der Waals surface area contributed by atoms with Crippen LogP contribution in [-0.4, -0.2) is 59.1 Å². The SMILES string of the molecule is COCCC(NC(=O)O)[C@H]1CCN(c2nc(-c3c(O)cccc3F)nc3cc(C)ccc23)C1. The number of carbonyl (C=O) groups is 1. The molecule has 1 aliphatic heterocycles. The van der Waals surface area contributed by atoms with E-state index in [1.807, 2.05) is 25.1 Å². The van der Waals surface area contributed by atoms with E-state index in [9.17, 15) is 19.4 Å². The number of fused-ring (bicyclic) bond motifs is 1. The lowest BCUT2D eigenvalue weighted by atomic mass is 9.96. The molecule has 0 spiro atoms. The molecule has 3 aromatic rings. The molecule has 9 heteroatoms. The molecule has 0 saturated carbocycles. The number of ether oxygens (including phenoxy) is 1. The summed E-state index contributed by atoms with van der Waals surface area (Å²) in [7, 11) is 1.59. The van der Waals surface area contributed by atoms with Crippen LogP contribution in [0.2, 0.25) is 0 Å². The molecule has 174 valence electrons. The lowest BCUT2D eigenvalue weighted by Gasteiger charge is -2.25. The number of nitrogens with one attached hydrogen (secondary N) is 1. The lowest BCUT2D eigenvalue weighted by molar-refractivity contribution is 0.159. The summed E-state index contributed by atoms with van der Waals surface area (Å²) >= 11 is 0. The molecule has 4 rings (SSSR count). The van der Waals surface area contributed by atoms with Crippen LogP contribution in [0.3, 0.4) is 0 Å². The summed E-state index contributed by atoms with van der Waals surface area (Å²) in [5, 5.41) is 23.0. The molecule has 2 heterocycles. The van der Waals surface area contributed by atoms with Crippen LogP contribution in [-0.2, 0) is 4.74 Å². The fourth-order valence-corrected chi connectivity index (χ4v) is 4.45. The van der Waals surface area contributed by atoms with Gasteiger partial charge in [0.15, 0.2) is 5.82 Å². The van der Waals surface area contributed by atoms with E-state index < -0.39 is 11.9 Å². The zero-order valence-electron chi connectivity index (χ0n) is 18.6. The van der Waals surface area contributed by atoms with Gasteiger partial charge in [0.2, 0.25) is 0 Å². The van der Waals surface area contributed by atoms with Crippen LogP contribution in [0.4, 0.5) is 15.0 Å². The minimum Gasteiger partial charge on any atom is -0.507 e. The molecule has 1 aromatic heterocycles. The first-order valence-electron chi connectivity index (χ1n) is 10.9. The lowest BCUT2D eigenvalue weighted by Crippen LogP contribution is -2.41. The van der Waals surface area contributed by atoms with Gasteiger partial charge in [-0.05, 0) is 55.5 Å². The predicted molar refractivity (Wildman–Crippen MR) is 123 cm³/mol. The Hall–Kier alpha value is -3.46. The number of rotatable bonds is 7. The van der Waals surface area contributed by atoms with Crippen molar-refractivity contribution >= 4 is 22.8 Å². The fourth-order valence-electron chi connectivity index (χ4n) is 4.45. The molecule has 8 nitrogen and oxygen atoms in total. The minimum atomic E-state index is -1.06. The van der Waals surface area contributed by atoms with Crippen molar-refractivity contribution in [2.24, 2.45) is 5.92 Å². The maximum Gasteiger partial charge on any atom is 0.404 e. The normalized spacial score (nSPS) is 16.8. The molecule has 1 saturated heterocycles. The largest absolute Gasteiger partial charge is 0.507 e. The van der Waals surface area contributed by atoms with E-state index in [0.29, 0.717) is 37.5 Å². The summed E-state index contributed by atoms with van der Waals surface area (Å²) in [6, 6.07) is 9.67. The van der Waals surface area contributed by atoms with Crippen LogP contribution >= 0.6 is 0 Å². The van der Waals surface area contributed by atoms with Crippen molar-refractivity contribution in [2.45, 2.75) is 25.8 Å². The van der Waals surface area contributed by atoms with Gasteiger partial charge in [-0.1, -0.05) is 12.1 Å². The van der Waals surface area contributed by atoms with Gasteiger partial charge in [-0.3, -0.25) is 0 Å². The summed E-state index contributed by atoms with van der Waals surface area (Å²) in [5.74, 6) is -0.00480. The average molecular weight is 455 g/mol. The fraction of sp³-hybridized carbons (Fsp3) is 0.375. The zero-order valence-corrected chi connectivity index (χ0v) is 18.6. The van der Waals surface area contributed by atoms with E-state index in [0.717, 1.165) is 17.4 Å². The van der Waals surface area contributed by atoms with Crippen molar-refractivity contribution in [3.63, 3.8) is 0 Å². The third-order valence-corrected chi connectivity index (χ3v) is 6.08. The zero-order chi connectivity index (χ0) is 23.5. The molecule has 33 heavy (non-hydrogen) atoms. The third kappa shape index (κ3) is 4.83. The second-order valence-electron chi connectivity index (χ2n) is 8.36. The molecule has 0 radical (unpaired) electrons. The molecular weight excluding hydrogens is 427 g/mol. The van der Waals surface area contributed by atoms with E-state index in [-0.39, 0.29) is 29.1 Å². The highest BCUT2D eigenvalue weighted by atomic mass is 19.1. The van der Waals surface area contributed by atoms with Crippen molar-refractivity contribution < 1.29 is 24.1 Å². The van der Waals surface area contributed by atoms with Crippen molar-refractivity contribution in [2.75, 3.05) is 31.7 Å². The van der Waals surface area contributed by atoms with Gasteiger partial charge in [-0.2, -0.15) is 0 Å². The van der Waals surface area contributed by atoms with Crippen LogP contribution in [0.5, 0.6) is 5.75 Å². The Balaban J connectivity index is 1.73. The van der Waals surface area contributed by atoms with E-state index in [4.69, 9.17) is 4.74 Å². The van der Waals surface area contributed by atoms with Gasteiger partial charge in [0.1, 0.15) is 17.4 Å². The van der Waals surface area contributed by atoms with Crippen molar-refractivity contribution in [3.05, 3.63) is 47.8 Å². The molecule has 1 amide bonds. The number of phenolic OH excluding ortho intramolecular Hbond substituents is 1. The smallest absolute Gasteiger partial charge is 0.404 e. The maximum absolute atomic E-state index is 14.6. The number of anilines is 1. The topological polar surface area (TPSA) is 108 Å². The molecule has 2 atom stereocenters. The number of benzene rings is 2. The molecule has 1 unspecified atom stereocenters. The van der Waals surface area contributed by atoms with Gasteiger partial charge >= 0.3 is 6.09 Å². The minimum absolute atomic E-state index is 0.0385. The number of halogens is 1. The number of methoxy groups -OCH3 is 1. The molecule has 0 bridgehead atoms. The number of amides is 1. The standard InChI is InChI=1S/C24H27FN4O4/c1-14-6-7-16-19(12-14)26-22(21-17(25)4-3-5-20(21)30)28-23(16)29-10-8-15(13-29)18(9-11-33-2)27-24(31)32/h3-7,12,15,18,27,30H,8-11,13H2,1-2H3,(H,31,32)/t15-,18?/m0/s1. The summed E-state index contributed by atoms with van der Waals surface area (Å²) in [6.07, 6.45) is 0.279. The van der Waals surface area contributed by atoms with Crippen LogP contribution in [0.15, 0.2) is 36.4 Å². The number of carboxylic acid groups (broad SMARTS) is 1. The van der Waals surface area contributed by atoms with Gasteiger partial charge < -0.3 is 25.2 Å². The van der Waals surface area contributed by atoms with Crippen molar-refractivity contribution in [1.29, 1.82) is 0 Å². The second kappa shape index (κ2) is 9.58. The van der Waals surface area contributed by atoms with E-state index >= 15 is 0 Å². The number of aromatic hydroxyl groups is 1. The van der Waals surface area contributed by atoms with Gasteiger partial charge in [-0.25, -0.2) is 19.2 Å². The maximum atomic E-state index is 14.6. The Bertz CT molecular complexity index is 1150. The van der Waals surface area contributed by atoms with E-state index in [1.54, 1.807) is 7.11 Å². The van der Waals surface area contributed by atoms with Crippen LogP contribution in [0.25, 0.3) is 22.3 Å². The van der Waals surface area contributed by atoms with Crippen LogP contribution in [0, 0.1) is 18.7 Å². The molecule has 1 aliphatic rings. The number of phenols is 1. The number of hydrogen-bond donors (Lipinski definition) is 3. The first kappa shape index (κ1) is 22.7. The molecular formula is C24H27FN4O4. The van der Waals surface area contributed by atoms with Crippen LogP contribution in [0.1, 0.15) is 18.4 Å². The Kier molecular flexibility index (Phi) is 6.60. The second-order valence-corrected chi connectivity index (χ2v) is 8.36. The number of aryl methyl sites for hydroxylation is 1. The van der Waals surface area contributed by atoms with Crippen molar-refractivity contribution in [1.82, 2.24) is 15.3 Å². The summed E-state index contributed by atoms with van der Waals surface area (Å²) in [4.78, 5) is 22.6. The Labute approximate surface area is 191 Å². The van der Waals surface area contributed by atoms with Gasteiger partial charge in [0, 0.05) is 38.2 Å². The summed E-state index contributed by atoms with van der Waals surface area (Å²) in [5.41, 5.74) is 1.62. The third-order valence-electron chi connectivity index (χ3n) is 6.08. The summed E-state index contributed by atoms with van der Waals surface area (Å²) in [6.45, 7) is 3.65. The van der Waals surface area contributed by atoms with Crippen molar-refractivity contribution in [3.8, 4) is 17.1 Å². The highest BCUT2D eigenvalue weighted by Gasteiger charge is 2.32. The Morgan fingerprint density at radius 1 is 1.33 bits per heavy atom. The monoisotopic (exact) mass is 454 g/mol. The van der Waals surface area contributed by atoms with Gasteiger partial charge in [0.25, 0.3) is 0 Å². The molecule has 1 fully saturated rings.